The summed E-state index contributed by atoms with van der Waals surface area (Å²) in [6.45, 7) is 5.35. The fourth-order valence-electron chi connectivity index (χ4n) is 1.78. The molecule has 2 rings (SSSR count). The molecule has 0 saturated carbocycles. The largest absolute Gasteiger partial charge is 0.383 e. The molecule has 0 atom stereocenters. The summed E-state index contributed by atoms with van der Waals surface area (Å²) in [4.78, 5) is 0. The molecule has 0 amide bonds. The molecule has 0 fully saturated rings. The van der Waals surface area contributed by atoms with Gasteiger partial charge in [-0.05, 0) is 28.1 Å². The zero-order valence-electron chi connectivity index (χ0n) is 7.62. The molecule has 3 heteroatoms. The number of halogens is 2. The van der Waals surface area contributed by atoms with E-state index in [9.17, 15) is 0 Å². The standard InChI is InChI=1S/C10H11BrClN/c1-10(2)5-13-9-6(11)3-4-7(12)8(9)10/h3-4,13H,5H2,1-2H3. The topological polar surface area (TPSA) is 12.0 Å². The molecule has 1 nitrogen and oxygen atoms in total. The monoisotopic (exact) mass is 259 g/mol. The van der Waals surface area contributed by atoms with E-state index in [0.29, 0.717) is 0 Å². The summed E-state index contributed by atoms with van der Waals surface area (Å²) in [5.74, 6) is 0. The van der Waals surface area contributed by atoms with Gasteiger partial charge in [0, 0.05) is 27.0 Å². The third-order valence-corrected chi connectivity index (χ3v) is 3.46. The van der Waals surface area contributed by atoms with E-state index < -0.39 is 0 Å². The minimum atomic E-state index is 0.135. The van der Waals surface area contributed by atoms with Gasteiger partial charge in [0.05, 0.1) is 5.69 Å². The molecule has 0 bridgehead atoms. The van der Waals surface area contributed by atoms with Crippen LogP contribution in [0.3, 0.4) is 0 Å². The van der Waals surface area contributed by atoms with Crippen LogP contribution in [-0.2, 0) is 5.41 Å². The molecule has 1 aromatic rings. The second-order valence-electron chi connectivity index (χ2n) is 4.02. The Morgan fingerprint density at radius 2 is 2.15 bits per heavy atom. The van der Waals surface area contributed by atoms with Crippen LogP contribution >= 0.6 is 27.5 Å². The number of anilines is 1. The van der Waals surface area contributed by atoms with Crippen molar-refractivity contribution in [3.8, 4) is 0 Å². The summed E-state index contributed by atoms with van der Waals surface area (Å²) in [5, 5.41) is 4.22. The molecular weight excluding hydrogens is 249 g/mol. The van der Waals surface area contributed by atoms with Crippen LogP contribution in [0.25, 0.3) is 0 Å². The summed E-state index contributed by atoms with van der Waals surface area (Å²) < 4.78 is 1.09. The minimum absolute atomic E-state index is 0.135. The van der Waals surface area contributed by atoms with Gasteiger partial charge in [0.2, 0.25) is 0 Å². The van der Waals surface area contributed by atoms with Crippen LogP contribution < -0.4 is 5.32 Å². The van der Waals surface area contributed by atoms with Gasteiger partial charge < -0.3 is 5.32 Å². The first-order chi connectivity index (χ1) is 6.02. The summed E-state index contributed by atoms with van der Waals surface area (Å²) in [6, 6.07) is 3.93. The number of rotatable bonds is 0. The quantitative estimate of drug-likeness (QED) is 0.748. The number of hydrogen-bond donors (Lipinski definition) is 1. The maximum atomic E-state index is 6.17. The summed E-state index contributed by atoms with van der Waals surface area (Å²) in [6.07, 6.45) is 0. The Kier molecular flexibility index (Phi) is 2.08. The number of fused-ring (bicyclic) bond motifs is 1. The minimum Gasteiger partial charge on any atom is -0.383 e. The maximum Gasteiger partial charge on any atom is 0.0538 e. The molecule has 1 aliphatic rings. The summed E-state index contributed by atoms with van der Waals surface area (Å²) in [5.41, 5.74) is 2.51. The molecule has 1 aromatic carbocycles. The SMILES string of the molecule is CC1(C)CNc2c(Br)ccc(Cl)c21. The van der Waals surface area contributed by atoms with Crippen LogP contribution in [0.15, 0.2) is 16.6 Å². The van der Waals surface area contributed by atoms with Crippen molar-refractivity contribution in [3.05, 3.63) is 27.2 Å². The predicted molar refractivity (Wildman–Crippen MR) is 60.7 cm³/mol. The van der Waals surface area contributed by atoms with Crippen molar-refractivity contribution in [3.63, 3.8) is 0 Å². The highest BCUT2D eigenvalue weighted by Gasteiger charge is 2.33. The van der Waals surface area contributed by atoms with Gasteiger partial charge in [-0.25, -0.2) is 0 Å². The van der Waals surface area contributed by atoms with Crippen LogP contribution in [0.4, 0.5) is 5.69 Å². The van der Waals surface area contributed by atoms with Gasteiger partial charge in [-0.15, -0.1) is 0 Å². The van der Waals surface area contributed by atoms with Gasteiger partial charge in [-0.1, -0.05) is 25.4 Å². The highest BCUT2D eigenvalue weighted by Crippen LogP contribution is 2.44. The Bertz CT molecular complexity index is 360. The van der Waals surface area contributed by atoms with Crippen LogP contribution in [0.1, 0.15) is 19.4 Å². The average molecular weight is 261 g/mol. The molecule has 1 aliphatic heterocycles. The molecule has 0 aromatic heterocycles. The second kappa shape index (κ2) is 2.89. The smallest absolute Gasteiger partial charge is 0.0538 e. The van der Waals surface area contributed by atoms with E-state index in [1.54, 1.807) is 0 Å². The molecule has 0 spiro atoms. The van der Waals surface area contributed by atoms with Crippen LogP contribution in [0.2, 0.25) is 5.02 Å². The third-order valence-electron chi connectivity index (χ3n) is 2.49. The highest BCUT2D eigenvalue weighted by molar-refractivity contribution is 9.10. The lowest BCUT2D eigenvalue weighted by molar-refractivity contribution is 0.586. The summed E-state index contributed by atoms with van der Waals surface area (Å²) in [7, 11) is 0. The van der Waals surface area contributed by atoms with Crippen molar-refractivity contribution < 1.29 is 0 Å². The second-order valence-corrected chi connectivity index (χ2v) is 5.28. The van der Waals surface area contributed by atoms with Crippen molar-refractivity contribution >= 4 is 33.2 Å². The zero-order valence-corrected chi connectivity index (χ0v) is 9.96. The molecule has 0 saturated heterocycles. The molecular formula is C10H11BrClN. The lowest BCUT2D eigenvalue weighted by Gasteiger charge is -2.18. The zero-order chi connectivity index (χ0) is 9.64. The van der Waals surface area contributed by atoms with Gasteiger partial charge in [-0.3, -0.25) is 0 Å². The van der Waals surface area contributed by atoms with E-state index in [0.717, 1.165) is 21.7 Å². The van der Waals surface area contributed by atoms with Gasteiger partial charge in [-0.2, -0.15) is 0 Å². The van der Waals surface area contributed by atoms with Crippen LogP contribution in [-0.4, -0.2) is 6.54 Å². The lowest BCUT2D eigenvalue weighted by atomic mass is 9.87. The van der Waals surface area contributed by atoms with Gasteiger partial charge in [0.1, 0.15) is 0 Å². The fraction of sp³-hybridized carbons (Fsp3) is 0.400. The Balaban J connectivity index is 2.70. The number of benzene rings is 1. The Hall–Kier alpha value is -0.210. The number of nitrogens with one attached hydrogen (secondary N) is 1. The van der Waals surface area contributed by atoms with E-state index in [1.807, 2.05) is 12.1 Å². The van der Waals surface area contributed by atoms with Crippen molar-refractivity contribution in [1.82, 2.24) is 0 Å². The van der Waals surface area contributed by atoms with Crippen LogP contribution in [0.5, 0.6) is 0 Å². The van der Waals surface area contributed by atoms with E-state index >= 15 is 0 Å². The first-order valence-electron chi connectivity index (χ1n) is 4.25. The van der Waals surface area contributed by atoms with Gasteiger partial charge >= 0.3 is 0 Å². The molecule has 0 radical (unpaired) electrons. The number of hydrogen-bond acceptors (Lipinski definition) is 1. The first-order valence-corrected chi connectivity index (χ1v) is 5.42. The molecule has 70 valence electrons. The van der Waals surface area contributed by atoms with Gasteiger partial charge in [0.15, 0.2) is 0 Å². The summed E-state index contributed by atoms with van der Waals surface area (Å²) >= 11 is 9.68. The fourth-order valence-corrected chi connectivity index (χ4v) is 2.67. The Morgan fingerprint density at radius 1 is 1.46 bits per heavy atom. The third kappa shape index (κ3) is 1.36. The van der Waals surface area contributed by atoms with E-state index in [-0.39, 0.29) is 5.41 Å². The predicted octanol–water partition coefficient (Wildman–Crippen LogP) is 3.81. The maximum absolute atomic E-state index is 6.17. The lowest BCUT2D eigenvalue weighted by Crippen LogP contribution is -2.19. The van der Waals surface area contributed by atoms with Crippen molar-refractivity contribution in [2.45, 2.75) is 19.3 Å². The molecule has 1 heterocycles. The van der Waals surface area contributed by atoms with Crippen LogP contribution in [0, 0.1) is 0 Å². The van der Waals surface area contributed by atoms with Crippen molar-refractivity contribution in [2.75, 3.05) is 11.9 Å². The molecule has 13 heavy (non-hydrogen) atoms. The van der Waals surface area contributed by atoms with Crippen molar-refractivity contribution in [1.29, 1.82) is 0 Å². The molecule has 1 N–H and O–H groups in total. The Labute approximate surface area is 91.6 Å². The normalized spacial score (nSPS) is 18.2. The van der Waals surface area contributed by atoms with Gasteiger partial charge in [0.25, 0.3) is 0 Å². The highest BCUT2D eigenvalue weighted by atomic mass is 79.9. The van der Waals surface area contributed by atoms with Crippen molar-refractivity contribution in [2.24, 2.45) is 0 Å². The van der Waals surface area contributed by atoms with E-state index in [2.05, 4.69) is 35.1 Å². The Morgan fingerprint density at radius 3 is 2.77 bits per heavy atom. The molecule has 0 aliphatic carbocycles. The van der Waals surface area contributed by atoms with E-state index in [1.165, 1.54) is 5.56 Å². The first kappa shape index (κ1) is 9.35. The van der Waals surface area contributed by atoms with E-state index in [4.69, 9.17) is 11.6 Å². The average Bonchev–Trinajstić information content (AvgIpc) is 2.36. The molecule has 0 unspecified atom stereocenters.